The van der Waals surface area contributed by atoms with Crippen LogP contribution in [0.2, 0.25) is 0 Å². The zero-order valence-corrected chi connectivity index (χ0v) is 8.97. The first kappa shape index (κ1) is 9.21. The quantitative estimate of drug-likeness (QED) is 0.730. The van der Waals surface area contributed by atoms with Crippen molar-refractivity contribution >= 4 is 5.82 Å². The first-order chi connectivity index (χ1) is 7.75. The van der Waals surface area contributed by atoms with Crippen molar-refractivity contribution in [1.29, 1.82) is 0 Å². The van der Waals surface area contributed by atoms with E-state index >= 15 is 0 Å². The van der Waals surface area contributed by atoms with Crippen LogP contribution in [0.15, 0.2) is 36.5 Å². The Morgan fingerprint density at radius 1 is 1.25 bits per heavy atom. The van der Waals surface area contributed by atoms with Crippen LogP contribution in [0.1, 0.15) is 18.6 Å². The fourth-order valence-corrected chi connectivity index (χ4v) is 2.09. The largest absolute Gasteiger partial charge is 0.485 e. The molecule has 0 aliphatic carbocycles. The van der Waals surface area contributed by atoms with Crippen LogP contribution in [0.4, 0.5) is 5.82 Å². The maximum atomic E-state index is 5.82. The van der Waals surface area contributed by atoms with Gasteiger partial charge in [0.05, 0.1) is 0 Å². The maximum absolute atomic E-state index is 5.82. The lowest BCUT2D eigenvalue weighted by molar-refractivity contribution is 0.223. The molecule has 0 radical (unpaired) electrons. The summed E-state index contributed by atoms with van der Waals surface area (Å²) in [5, 5.41) is 0. The lowest BCUT2D eigenvalue weighted by Crippen LogP contribution is -2.11. The predicted octanol–water partition coefficient (Wildman–Crippen LogP) is 2.78. The molecule has 16 heavy (non-hydrogen) atoms. The van der Waals surface area contributed by atoms with Crippen LogP contribution < -0.4 is 10.5 Å². The molecule has 3 heteroatoms. The van der Waals surface area contributed by atoms with Gasteiger partial charge in [0.2, 0.25) is 0 Å². The van der Waals surface area contributed by atoms with Crippen molar-refractivity contribution in [3.63, 3.8) is 0 Å². The number of pyridine rings is 1. The van der Waals surface area contributed by atoms with Crippen molar-refractivity contribution in [1.82, 2.24) is 4.98 Å². The van der Waals surface area contributed by atoms with E-state index in [-0.39, 0.29) is 6.10 Å². The second kappa shape index (κ2) is 3.23. The van der Waals surface area contributed by atoms with Gasteiger partial charge in [-0.3, -0.25) is 0 Å². The van der Waals surface area contributed by atoms with Crippen LogP contribution in [-0.4, -0.2) is 4.98 Å². The number of benzene rings is 1. The van der Waals surface area contributed by atoms with Gasteiger partial charge >= 0.3 is 0 Å². The normalized spacial score (nSPS) is 17.2. The minimum atomic E-state index is 0.0259. The number of nitrogens with zero attached hydrogens (tertiary/aromatic N) is 1. The van der Waals surface area contributed by atoms with Crippen LogP contribution in [0, 0.1) is 0 Å². The summed E-state index contributed by atoms with van der Waals surface area (Å²) in [6.07, 6.45) is 1.82. The smallest absolute Gasteiger partial charge is 0.128 e. The lowest BCUT2D eigenvalue weighted by atomic mass is 9.95. The van der Waals surface area contributed by atoms with Crippen LogP contribution >= 0.6 is 0 Å². The average molecular weight is 212 g/mol. The summed E-state index contributed by atoms with van der Waals surface area (Å²) in [6, 6.07) is 9.90. The average Bonchev–Trinajstić information content (AvgIpc) is 2.29. The molecule has 0 spiro atoms. The highest BCUT2D eigenvalue weighted by atomic mass is 16.5. The minimum absolute atomic E-state index is 0.0259. The van der Waals surface area contributed by atoms with Crippen LogP contribution in [0.25, 0.3) is 11.1 Å². The van der Waals surface area contributed by atoms with E-state index in [0.717, 1.165) is 22.4 Å². The van der Waals surface area contributed by atoms with E-state index in [1.807, 2.05) is 37.3 Å². The van der Waals surface area contributed by atoms with Gasteiger partial charge in [-0.25, -0.2) is 4.98 Å². The van der Waals surface area contributed by atoms with Crippen LogP contribution in [0.3, 0.4) is 0 Å². The number of fused-ring (bicyclic) bond motifs is 3. The second-order valence-electron chi connectivity index (χ2n) is 3.95. The number of para-hydroxylation sites is 1. The zero-order valence-electron chi connectivity index (χ0n) is 8.97. The van der Waals surface area contributed by atoms with Gasteiger partial charge in [0.1, 0.15) is 17.7 Å². The molecule has 1 aliphatic rings. The van der Waals surface area contributed by atoms with Gasteiger partial charge in [-0.1, -0.05) is 18.2 Å². The summed E-state index contributed by atoms with van der Waals surface area (Å²) in [7, 11) is 0. The monoisotopic (exact) mass is 212 g/mol. The molecule has 3 rings (SSSR count). The Hall–Kier alpha value is -2.03. The summed E-state index contributed by atoms with van der Waals surface area (Å²) in [5.74, 6) is 1.45. The van der Waals surface area contributed by atoms with Gasteiger partial charge in [-0.15, -0.1) is 0 Å². The molecule has 2 heterocycles. The lowest BCUT2D eigenvalue weighted by Gasteiger charge is -2.26. The fourth-order valence-electron chi connectivity index (χ4n) is 2.09. The number of nitrogen functional groups attached to an aromatic ring is 1. The summed E-state index contributed by atoms with van der Waals surface area (Å²) in [6.45, 7) is 2.02. The van der Waals surface area contributed by atoms with Crippen molar-refractivity contribution in [3.05, 3.63) is 42.1 Å². The molecular weight excluding hydrogens is 200 g/mol. The zero-order chi connectivity index (χ0) is 11.1. The second-order valence-corrected chi connectivity index (χ2v) is 3.95. The third kappa shape index (κ3) is 1.25. The SMILES string of the molecule is CC1Oc2ccccc2-c2cc(N)ncc21. The van der Waals surface area contributed by atoms with E-state index in [9.17, 15) is 0 Å². The Morgan fingerprint density at radius 3 is 2.94 bits per heavy atom. The molecule has 2 aromatic rings. The molecular formula is C13H12N2O. The first-order valence-electron chi connectivity index (χ1n) is 5.27. The number of nitrogens with two attached hydrogens (primary N) is 1. The highest BCUT2D eigenvalue weighted by Crippen LogP contribution is 2.41. The highest BCUT2D eigenvalue weighted by molar-refractivity contribution is 5.76. The predicted molar refractivity (Wildman–Crippen MR) is 63.1 cm³/mol. The maximum Gasteiger partial charge on any atom is 0.128 e. The third-order valence-electron chi connectivity index (χ3n) is 2.87. The molecule has 1 aliphatic heterocycles. The molecule has 1 unspecified atom stereocenters. The standard InChI is InChI=1S/C13H12N2O/c1-8-11-7-15-13(14)6-10(11)9-4-2-3-5-12(9)16-8/h2-8H,1H3,(H2,14,15). The van der Waals surface area contributed by atoms with Crippen molar-refractivity contribution in [2.75, 3.05) is 5.73 Å². The minimum Gasteiger partial charge on any atom is -0.485 e. The van der Waals surface area contributed by atoms with Gasteiger partial charge < -0.3 is 10.5 Å². The van der Waals surface area contributed by atoms with E-state index < -0.39 is 0 Å². The number of ether oxygens (including phenoxy) is 1. The summed E-state index contributed by atoms with van der Waals surface area (Å²) >= 11 is 0. The third-order valence-corrected chi connectivity index (χ3v) is 2.87. The molecule has 0 saturated carbocycles. The van der Waals surface area contributed by atoms with E-state index in [1.54, 1.807) is 6.20 Å². The van der Waals surface area contributed by atoms with Crippen molar-refractivity contribution in [2.45, 2.75) is 13.0 Å². The molecule has 0 amide bonds. The van der Waals surface area contributed by atoms with E-state index in [1.165, 1.54) is 0 Å². The Labute approximate surface area is 93.9 Å². The van der Waals surface area contributed by atoms with Crippen molar-refractivity contribution in [2.24, 2.45) is 0 Å². The number of hydrogen-bond acceptors (Lipinski definition) is 3. The summed E-state index contributed by atoms with van der Waals surface area (Å²) in [4.78, 5) is 4.11. The molecule has 1 aromatic carbocycles. The van der Waals surface area contributed by atoms with Crippen LogP contribution in [0.5, 0.6) is 5.75 Å². The number of hydrogen-bond donors (Lipinski definition) is 1. The van der Waals surface area contributed by atoms with Crippen LogP contribution in [-0.2, 0) is 0 Å². The van der Waals surface area contributed by atoms with Crippen molar-refractivity contribution < 1.29 is 4.74 Å². The van der Waals surface area contributed by atoms with E-state index in [4.69, 9.17) is 10.5 Å². The van der Waals surface area contributed by atoms with E-state index in [0.29, 0.717) is 5.82 Å². The topological polar surface area (TPSA) is 48.1 Å². The summed E-state index contributed by atoms with van der Waals surface area (Å²) < 4.78 is 5.82. The highest BCUT2D eigenvalue weighted by Gasteiger charge is 2.22. The number of anilines is 1. The first-order valence-corrected chi connectivity index (χ1v) is 5.27. The molecule has 0 bridgehead atoms. The Balaban J connectivity index is 2.30. The Bertz CT molecular complexity index is 551. The molecule has 1 aromatic heterocycles. The molecule has 0 saturated heterocycles. The molecule has 2 N–H and O–H groups in total. The Kier molecular flexibility index (Phi) is 1.86. The van der Waals surface area contributed by atoms with Gasteiger partial charge in [-0.05, 0) is 24.6 Å². The van der Waals surface area contributed by atoms with E-state index in [2.05, 4.69) is 4.98 Å². The van der Waals surface area contributed by atoms with Gasteiger partial charge in [0.15, 0.2) is 0 Å². The number of rotatable bonds is 0. The Morgan fingerprint density at radius 2 is 2.06 bits per heavy atom. The van der Waals surface area contributed by atoms with Gasteiger partial charge in [-0.2, -0.15) is 0 Å². The fraction of sp³-hybridized carbons (Fsp3) is 0.154. The van der Waals surface area contributed by atoms with Gasteiger partial charge in [0, 0.05) is 17.3 Å². The molecule has 0 fully saturated rings. The number of aromatic nitrogens is 1. The molecule has 80 valence electrons. The molecule has 3 nitrogen and oxygen atoms in total. The summed E-state index contributed by atoms with van der Waals surface area (Å²) in [5.41, 5.74) is 9.04. The molecule has 1 atom stereocenters. The van der Waals surface area contributed by atoms with Crippen molar-refractivity contribution in [3.8, 4) is 16.9 Å². The van der Waals surface area contributed by atoms with Gasteiger partial charge in [0.25, 0.3) is 0 Å².